The number of carbonyl (C=O) groups is 2. The number of carbonyl (C=O) groups excluding carboxylic acids is 1. The van der Waals surface area contributed by atoms with Crippen molar-refractivity contribution in [1.29, 1.82) is 0 Å². The summed E-state index contributed by atoms with van der Waals surface area (Å²) in [6, 6.07) is 9.84. The lowest BCUT2D eigenvalue weighted by molar-refractivity contribution is -0.140. The van der Waals surface area contributed by atoms with Crippen LogP contribution in [0.4, 0.5) is 0 Å². The highest BCUT2D eigenvalue weighted by atomic mass is 35.5. The molecule has 2 N–H and O–H groups in total. The van der Waals surface area contributed by atoms with Gasteiger partial charge in [-0.25, -0.2) is 9.48 Å². The van der Waals surface area contributed by atoms with Crippen LogP contribution in [-0.4, -0.2) is 37.4 Å². The molecule has 0 fully saturated rings. The maximum atomic E-state index is 12.8. The number of nitrogens with zero attached hydrogens (tertiary/aromatic N) is 3. The molecule has 0 aliphatic rings. The van der Waals surface area contributed by atoms with Gasteiger partial charge in [0.15, 0.2) is 5.69 Å². The van der Waals surface area contributed by atoms with Gasteiger partial charge in [0.05, 0.1) is 5.69 Å². The van der Waals surface area contributed by atoms with Crippen LogP contribution in [-0.2, 0) is 4.79 Å². The number of amides is 1. The standard InChI is InChI=1S/C20H21ClN4O3/c1-12(2)16(20(27)28)22-18(26)17-13(3)19(24-10-4-5-11-24)25(23-17)15-8-6-14(21)7-9-15/h4-12,16H,1-3H3,(H,22,26)(H,27,28)/t16-/m0/s1. The summed E-state index contributed by atoms with van der Waals surface area (Å²) in [5.41, 5.74) is 1.54. The number of hydrogen-bond acceptors (Lipinski definition) is 3. The van der Waals surface area contributed by atoms with Crippen molar-refractivity contribution in [3.8, 4) is 11.5 Å². The summed E-state index contributed by atoms with van der Waals surface area (Å²) in [7, 11) is 0. The van der Waals surface area contributed by atoms with Crippen molar-refractivity contribution in [3.63, 3.8) is 0 Å². The summed E-state index contributed by atoms with van der Waals surface area (Å²) in [6.07, 6.45) is 3.71. The highest BCUT2D eigenvalue weighted by Gasteiger charge is 2.28. The zero-order valence-electron chi connectivity index (χ0n) is 15.8. The van der Waals surface area contributed by atoms with Crippen molar-refractivity contribution in [2.24, 2.45) is 5.92 Å². The lowest BCUT2D eigenvalue weighted by atomic mass is 10.0. The summed E-state index contributed by atoms with van der Waals surface area (Å²) in [4.78, 5) is 24.3. The molecule has 0 spiro atoms. The van der Waals surface area contributed by atoms with Gasteiger partial charge in [-0.2, -0.15) is 5.10 Å². The van der Waals surface area contributed by atoms with Gasteiger partial charge in [-0.3, -0.25) is 4.79 Å². The van der Waals surface area contributed by atoms with Gasteiger partial charge in [0.2, 0.25) is 0 Å². The number of aliphatic carboxylic acids is 1. The molecule has 0 bridgehead atoms. The third-order valence-corrected chi connectivity index (χ3v) is 4.70. The smallest absolute Gasteiger partial charge is 0.326 e. The van der Waals surface area contributed by atoms with Crippen LogP contribution in [0.15, 0.2) is 48.8 Å². The van der Waals surface area contributed by atoms with Gasteiger partial charge < -0.3 is 15.0 Å². The Labute approximate surface area is 167 Å². The fraction of sp³-hybridized carbons (Fsp3) is 0.250. The molecule has 2 aromatic heterocycles. The third-order valence-electron chi connectivity index (χ3n) is 4.45. The van der Waals surface area contributed by atoms with E-state index in [0.29, 0.717) is 16.4 Å². The van der Waals surface area contributed by atoms with E-state index in [0.717, 1.165) is 5.69 Å². The van der Waals surface area contributed by atoms with Gasteiger partial charge >= 0.3 is 5.97 Å². The van der Waals surface area contributed by atoms with Crippen LogP contribution < -0.4 is 5.32 Å². The summed E-state index contributed by atoms with van der Waals surface area (Å²) >= 11 is 5.99. The second-order valence-corrected chi connectivity index (χ2v) is 7.25. The number of hydrogen-bond donors (Lipinski definition) is 2. The molecule has 0 radical (unpaired) electrons. The zero-order valence-corrected chi connectivity index (χ0v) is 16.5. The first kappa shape index (κ1) is 19.7. The topological polar surface area (TPSA) is 89.2 Å². The van der Waals surface area contributed by atoms with Crippen LogP contribution in [0.25, 0.3) is 11.5 Å². The largest absolute Gasteiger partial charge is 0.480 e. The number of halogens is 1. The molecular weight excluding hydrogens is 380 g/mol. The fourth-order valence-electron chi connectivity index (χ4n) is 2.97. The zero-order chi connectivity index (χ0) is 20.4. The molecule has 3 aromatic rings. The van der Waals surface area contributed by atoms with Crippen LogP contribution in [0, 0.1) is 12.8 Å². The summed E-state index contributed by atoms with van der Waals surface area (Å²) in [5.74, 6) is -1.18. The summed E-state index contributed by atoms with van der Waals surface area (Å²) in [5, 5.41) is 17.0. The predicted molar refractivity (Wildman–Crippen MR) is 106 cm³/mol. The van der Waals surface area contributed by atoms with E-state index in [9.17, 15) is 14.7 Å². The van der Waals surface area contributed by atoms with Crippen LogP contribution in [0.5, 0.6) is 0 Å². The Hall–Kier alpha value is -3.06. The van der Waals surface area contributed by atoms with Crippen LogP contribution in [0.2, 0.25) is 5.02 Å². The van der Waals surface area contributed by atoms with Gasteiger partial charge in [-0.1, -0.05) is 25.4 Å². The molecule has 0 aliphatic heterocycles. The van der Waals surface area contributed by atoms with Crippen LogP contribution >= 0.6 is 11.6 Å². The van der Waals surface area contributed by atoms with E-state index in [1.54, 1.807) is 49.7 Å². The Balaban J connectivity index is 2.08. The minimum absolute atomic E-state index is 0.172. The van der Waals surface area contributed by atoms with Gasteiger partial charge in [0.1, 0.15) is 11.9 Å². The average molecular weight is 401 g/mol. The van der Waals surface area contributed by atoms with Gasteiger partial charge in [-0.15, -0.1) is 0 Å². The first-order valence-corrected chi connectivity index (χ1v) is 9.20. The summed E-state index contributed by atoms with van der Waals surface area (Å²) < 4.78 is 3.50. The van der Waals surface area contributed by atoms with E-state index < -0.39 is 17.9 Å². The molecule has 0 aliphatic carbocycles. The fourth-order valence-corrected chi connectivity index (χ4v) is 3.09. The van der Waals surface area contributed by atoms with Gasteiger partial charge in [0, 0.05) is 23.0 Å². The van der Waals surface area contributed by atoms with E-state index in [1.165, 1.54) is 0 Å². The van der Waals surface area contributed by atoms with E-state index in [1.807, 2.05) is 29.1 Å². The number of benzene rings is 1. The summed E-state index contributed by atoms with van der Waals surface area (Å²) in [6.45, 7) is 5.27. The Kier molecular flexibility index (Phi) is 5.56. The Morgan fingerprint density at radius 1 is 1.14 bits per heavy atom. The normalized spacial score (nSPS) is 12.2. The third kappa shape index (κ3) is 3.80. The van der Waals surface area contributed by atoms with Crippen molar-refractivity contribution >= 4 is 23.5 Å². The molecule has 3 rings (SSSR count). The second-order valence-electron chi connectivity index (χ2n) is 6.81. The first-order valence-electron chi connectivity index (χ1n) is 8.82. The van der Waals surface area contributed by atoms with E-state index in [-0.39, 0.29) is 11.6 Å². The van der Waals surface area contributed by atoms with Gasteiger partial charge in [-0.05, 0) is 49.2 Å². The lowest BCUT2D eigenvalue weighted by Crippen LogP contribution is -2.44. The molecule has 2 heterocycles. The van der Waals surface area contributed by atoms with Gasteiger partial charge in [0.25, 0.3) is 5.91 Å². The number of nitrogens with one attached hydrogen (secondary N) is 1. The van der Waals surface area contributed by atoms with E-state index in [2.05, 4.69) is 10.4 Å². The molecule has 0 unspecified atom stereocenters. The minimum Gasteiger partial charge on any atom is -0.480 e. The lowest BCUT2D eigenvalue weighted by Gasteiger charge is -2.17. The quantitative estimate of drug-likeness (QED) is 0.663. The monoisotopic (exact) mass is 400 g/mol. The SMILES string of the molecule is Cc1c(C(=O)N[C@H](C(=O)O)C(C)C)nn(-c2ccc(Cl)cc2)c1-n1cccc1. The molecule has 1 aromatic carbocycles. The molecule has 28 heavy (non-hydrogen) atoms. The van der Waals surface area contributed by atoms with Crippen LogP contribution in [0.1, 0.15) is 29.9 Å². The van der Waals surface area contributed by atoms with Crippen molar-refractivity contribution in [3.05, 3.63) is 65.1 Å². The number of rotatable bonds is 6. The molecule has 146 valence electrons. The average Bonchev–Trinajstić information content (AvgIpc) is 3.27. The maximum absolute atomic E-state index is 12.8. The van der Waals surface area contributed by atoms with E-state index >= 15 is 0 Å². The molecule has 0 saturated heterocycles. The molecule has 1 amide bonds. The molecule has 7 nitrogen and oxygen atoms in total. The van der Waals surface area contributed by atoms with Crippen molar-refractivity contribution < 1.29 is 14.7 Å². The molecule has 1 atom stereocenters. The number of carboxylic acids is 1. The van der Waals surface area contributed by atoms with E-state index in [4.69, 9.17) is 11.6 Å². The molecular formula is C20H21ClN4O3. The molecule has 0 saturated carbocycles. The number of carboxylic acid groups (broad SMARTS) is 1. The maximum Gasteiger partial charge on any atom is 0.326 e. The Morgan fingerprint density at radius 3 is 2.29 bits per heavy atom. The van der Waals surface area contributed by atoms with Crippen molar-refractivity contribution in [1.82, 2.24) is 19.7 Å². The van der Waals surface area contributed by atoms with Crippen LogP contribution in [0.3, 0.4) is 0 Å². The first-order chi connectivity index (χ1) is 13.3. The number of aromatic nitrogens is 3. The minimum atomic E-state index is -1.08. The Bertz CT molecular complexity index is 991. The highest BCUT2D eigenvalue weighted by Crippen LogP contribution is 2.24. The van der Waals surface area contributed by atoms with Crippen molar-refractivity contribution in [2.45, 2.75) is 26.8 Å². The Morgan fingerprint density at radius 2 is 1.75 bits per heavy atom. The highest BCUT2D eigenvalue weighted by molar-refractivity contribution is 6.30. The predicted octanol–water partition coefficient (Wildman–Crippen LogP) is 3.46. The second kappa shape index (κ2) is 7.90. The molecule has 8 heteroatoms. The van der Waals surface area contributed by atoms with Crippen molar-refractivity contribution in [2.75, 3.05) is 0 Å².